The Labute approximate surface area is 191 Å². The third-order valence-electron chi connectivity index (χ3n) is 5.63. The summed E-state index contributed by atoms with van der Waals surface area (Å²) >= 11 is 1.35. The van der Waals surface area contributed by atoms with Crippen LogP contribution in [0.15, 0.2) is 89.1 Å². The molecule has 0 bridgehead atoms. The minimum atomic E-state index is -0.937. The van der Waals surface area contributed by atoms with Crippen molar-refractivity contribution in [2.75, 3.05) is 17.1 Å². The first-order valence-electron chi connectivity index (χ1n) is 10.3. The molecule has 0 aliphatic carbocycles. The molecule has 0 saturated carbocycles. The van der Waals surface area contributed by atoms with Crippen LogP contribution in [0.1, 0.15) is 23.6 Å². The number of anilines is 2. The predicted octanol–water partition coefficient (Wildman–Crippen LogP) is 5.09. The fourth-order valence-corrected chi connectivity index (χ4v) is 5.42. The van der Waals surface area contributed by atoms with E-state index in [-0.39, 0.29) is 5.04 Å². The molecule has 3 aromatic carbocycles. The summed E-state index contributed by atoms with van der Waals surface area (Å²) in [7, 11) is 1.38. The van der Waals surface area contributed by atoms with Gasteiger partial charge in [-0.25, -0.2) is 14.8 Å². The molecule has 1 spiro atoms. The van der Waals surface area contributed by atoms with Gasteiger partial charge in [-0.05, 0) is 49.4 Å². The lowest BCUT2D eigenvalue weighted by Crippen LogP contribution is -2.53. The van der Waals surface area contributed by atoms with Crippen LogP contribution in [0, 0.1) is 6.92 Å². The number of fused-ring (bicyclic) bond motifs is 2. The second-order valence-electron chi connectivity index (χ2n) is 7.58. The van der Waals surface area contributed by atoms with Gasteiger partial charge in [-0.2, -0.15) is 10.2 Å². The van der Waals surface area contributed by atoms with Crippen molar-refractivity contribution in [2.45, 2.75) is 18.8 Å². The van der Waals surface area contributed by atoms with Crippen molar-refractivity contribution in [3.8, 4) is 0 Å². The lowest BCUT2D eigenvalue weighted by atomic mass is 9.97. The van der Waals surface area contributed by atoms with Gasteiger partial charge in [0.05, 0.1) is 24.2 Å². The number of esters is 1. The van der Waals surface area contributed by atoms with E-state index in [1.165, 1.54) is 18.9 Å². The first-order chi connectivity index (χ1) is 15.6. The second-order valence-corrected chi connectivity index (χ2v) is 8.74. The third-order valence-corrected chi connectivity index (χ3v) is 6.92. The summed E-state index contributed by atoms with van der Waals surface area (Å²) in [5.74, 6) is -0.470. The van der Waals surface area contributed by atoms with E-state index < -0.39 is 11.0 Å². The number of ether oxygens (including phenoxy) is 1. The van der Waals surface area contributed by atoms with Gasteiger partial charge in [-0.15, -0.1) is 0 Å². The number of thioether (sulfide) groups is 1. The molecule has 32 heavy (non-hydrogen) atoms. The molecule has 7 heteroatoms. The number of carbonyl (C=O) groups is 1. The molecule has 6 nitrogen and oxygen atoms in total. The van der Waals surface area contributed by atoms with Crippen LogP contribution in [-0.2, 0) is 14.5 Å². The van der Waals surface area contributed by atoms with E-state index in [1.807, 2.05) is 90.6 Å². The summed E-state index contributed by atoms with van der Waals surface area (Å²) < 4.78 is 5.06. The van der Waals surface area contributed by atoms with Crippen LogP contribution in [-0.4, -0.2) is 23.8 Å². The maximum Gasteiger partial charge on any atom is 0.365 e. The van der Waals surface area contributed by atoms with E-state index in [2.05, 4.69) is 12.1 Å². The number of nitrogens with zero attached hydrogens (tertiary/aromatic N) is 4. The Balaban J connectivity index is 1.83. The van der Waals surface area contributed by atoms with Crippen LogP contribution in [0.2, 0.25) is 0 Å². The molecular weight excluding hydrogens is 420 g/mol. The molecule has 1 atom stereocenters. The van der Waals surface area contributed by atoms with Crippen LogP contribution in [0.25, 0.3) is 0 Å². The highest BCUT2D eigenvalue weighted by molar-refractivity contribution is 8.16. The molecule has 0 fully saturated rings. The monoisotopic (exact) mass is 442 g/mol. The summed E-state index contributed by atoms with van der Waals surface area (Å²) in [5, 5.41) is 14.0. The highest BCUT2D eigenvalue weighted by Gasteiger charge is 2.56. The number of carbonyl (C=O) groups excluding carboxylic acids is 1. The van der Waals surface area contributed by atoms with Crippen LogP contribution in [0.4, 0.5) is 11.4 Å². The largest absolute Gasteiger partial charge is 0.464 e. The number of benzene rings is 3. The normalized spacial score (nSPS) is 19.5. The summed E-state index contributed by atoms with van der Waals surface area (Å²) in [6.45, 7) is 4.04. The van der Waals surface area contributed by atoms with E-state index in [4.69, 9.17) is 14.9 Å². The minimum absolute atomic E-state index is 0.279. The zero-order valence-corrected chi connectivity index (χ0v) is 18.8. The minimum Gasteiger partial charge on any atom is -0.464 e. The standard InChI is InChI=1S/C25H22N4O2S/c1-17-11-7-10-16-22(17)29-25(32-23(27-29)24(30)31-3)21-15-9-8-14-20(21)18(2)26-28(25)19-12-5-4-6-13-19/h4-16H,1-3H3/t25-/m1/s1. The molecule has 0 unspecified atom stereocenters. The summed E-state index contributed by atoms with van der Waals surface area (Å²) in [6, 6.07) is 26.1. The number of rotatable bonds is 3. The third kappa shape index (κ3) is 3.00. The molecule has 0 saturated heterocycles. The van der Waals surface area contributed by atoms with Gasteiger partial charge in [0.15, 0.2) is 0 Å². The summed E-state index contributed by atoms with van der Waals surface area (Å²) in [6.07, 6.45) is 0. The zero-order chi connectivity index (χ0) is 22.3. The molecule has 0 amide bonds. The molecule has 160 valence electrons. The lowest BCUT2D eigenvalue weighted by Gasteiger charge is -2.47. The quantitative estimate of drug-likeness (QED) is 0.529. The summed E-state index contributed by atoms with van der Waals surface area (Å²) in [4.78, 5) is 11.7. The topological polar surface area (TPSA) is 57.5 Å². The number of hydrogen-bond acceptors (Lipinski definition) is 7. The number of aryl methyl sites for hydroxylation is 1. The van der Waals surface area contributed by atoms with Gasteiger partial charge < -0.3 is 4.74 Å². The van der Waals surface area contributed by atoms with E-state index in [9.17, 15) is 4.79 Å². The van der Waals surface area contributed by atoms with E-state index in [0.717, 1.165) is 33.8 Å². The Hall–Kier alpha value is -3.58. The van der Waals surface area contributed by atoms with Gasteiger partial charge in [-0.3, -0.25) is 0 Å². The van der Waals surface area contributed by atoms with Crippen molar-refractivity contribution in [1.29, 1.82) is 0 Å². The van der Waals surface area contributed by atoms with Crippen molar-refractivity contribution in [2.24, 2.45) is 10.2 Å². The molecular formula is C25H22N4O2S. The zero-order valence-electron chi connectivity index (χ0n) is 18.0. The van der Waals surface area contributed by atoms with Crippen molar-refractivity contribution in [3.63, 3.8) is 0 Å². The number of para-hydroxylation sites is 2. The van der Waals surface area contributed by atoms with Crippen LogP contribution in [0.5, 0.6) is 0 Å². The SMILES string of the molecule is COC(=O)C1=NN(c2ccccc2C)[C@@]2(S1)c1ccccc1C(C)=NN2c1ccccc1. The van der Waals surface area contributed by atoms with E-state index in [1.54, 1.807) is 0 Å². The number of methoxy groups -OCH3 is 1. The molecule has 2 aliphatic heterocycles. The van der Waals surface area contributed by atoms with Gasteiger partial charge in [0, 0.05) is 11.1 Å². The maximum absolute atomic E-state index is 12.7. The Morgan fingerprint density at radius 2 is 1.56 bits per heavy atom. The molecule has 2 heterocycles. The number of hydrazone groups is 2. The van der Waals surface area contributed by atoms with Gasteiger partial charge in [0.2, 0.25) is 10.0 Å². The molecule has 5 rings (SSSR count). The lowest BCUT2D eigenvalue weighted by molar-refractivity contribution is -0.132. The molecule has 3 aromatic rings. The number of hydrogen-bond donors (Lipinski definition) is 0. The maximum atomic E-state index is 12.7. The van der Waals surface area contributed by atoms with E-state index in [0.29, 0.717) is 0 Å². The fraction of sp³-hybridized carbons (Fsp3) is 0.160. The van der Waals surface area contributed by atoms with Gasteiger partial charge in [0.1, 0.15) is 0 Å². The average molecular weight is 443 g/mol. The fourth-order valence-electron chi connectivity index (χ4n) is 4.12. The Kier molecular flexibility index (Phi) is 4.98. The van der Waals surface area contributed by atoms with Crippen molar-refractivity contribution in [3.05, 3.63) is 95.6 Å². The van der Waals surface area contributed by atoms with E-state index >= 15 is 0 Å². The Bertz CT molecular complexity index is 1260. The van der Waals surface area contributed by atoms with Crippen LogP contribution < -0.4 is 10.0 Å². The molecule has 0 radical (unpaired) electrons. The highest BCUT2D eigenvalue weighted by Crippen LogP contribution is 2.55. The van der Waals surface area contributed by atoms with Crippen LogP contribution in [0.3, 0.4) is 0 Å². The Morgan fingerprint density at radius 1 is 0.875 bits per heavy atom. The first-order valence-corrected chi connectivity index (χ1v) is 11.1. The smallest absolute Gasteiger partial charge is 0.365 e. The van der Waals surface area contributed by atoms with Crippen LogP contribution >= 0.6 is 11.8 Å². The average Bonchev–Trinajstić information content (AvgIpc) is 3.23. The van der Waals surface area contributed by atoms with Gasteiger partial charge >= 0.3 is 5.97 Å². The molecule has 0 aromatic heterocycles. The summed E-state index contributed by atoms with van der Waals surface area (Å²) in [5.41, 5.74) is 5.75. The van der Waals surface area contributed by atoms with Crippen molar-refractivity contribution in [1.82, 2.24) is 0 Å². The molecule has 2 aliphatic rings. The van der Waals surface area contributed by atoms with Crippen molar-refractivity contribution < 1.29 is 9.53 Å². The van der Waals surface area contributed by atoms with Crippen molar-refractivity contribution >= 4 is 39.9 Å². The second kappa shape index (κ2) is 7.84. The van der Waals surface area contributed by atoms with Gasteiger partial charge in [-0.1, -0.05) is 60.7 Å². The highest BCUT2D eigenvalue weighted by atomic mass is 32.2. The predicted molar refractivity (Wildman–Crippen MR) is 130 cm³/mol. The Morgan fingerprint density at radius 3 is 2.31 bits per heavy atom. The molecule has 0 N–H and O–H groups in total. The van der Waals surface area contributed by atoms with Gasteiger partial charge in [0.25, 0.3) is 0 Å². The first kappa shape index (κ1) is 20.3.